The molecule has 2 unspecified atom stereocenters. The minimum absolute atomic E-state index is 0.956. The van der Waals surface area contributed by atoms with Crippen molar-refractivity contribution in [3.63, 3.8) is 0 Å². The zero-order valence-electron chi connectivity index (χ0n) is 7.55. The molecular weight excluding hydrogens is 208 g/mol. The van der Waals surface area contributed by atoms with Crippen LogP contribution in [-0.4, -0.2) is 46.9 Å². The molecule has 3 N–H and O–H groups in total. The number of carbonyl (C=O) groups excluding carboxylic acids is 2. The van der Waals surface area contributed by atoms with E-state index < -0.39 is 23.5 Å². The number of imide groups is 1. The number of aliphatic imine (C=N–C) groups is 1. The Balaban J connectivity index is 2.52. The molecule has 0 aliphatic carbocycles. The maximum Gasteiger partial charge on any atom is 0.328 e. The third kappa shape index (κ3) is 0.936. The average molecular weight is 215 g/mol. The second kappa shape index (κ2) is 2.66. The molecule has 9 heteroatoms. The Bertz CT molecular complexity index is 371. The minimum atomic E-state index is -2.40. The Kier molecular flexibility index (Phi) is 1.74. The lowest BCUT2D eigenvalue weighted by Gasteiger charge is -2.41. The first-order chi connectivity index (χ1) is 6.96. The maximum absolute atomic E-state index is 11.5. The van der Waals surface area contributed by atoms with Crippen LogP contribution in [0.5, 0.6) is 0 Å². The van der Waals surface area contributed by atoms with Gasteiger partial charge in [-0.3, -0.25) is 15.4 Å². The van der Waals surface area contributed by atoms with E-state index in [0.717, 1.165) is 11.2 Å². The predicted molar refractivity (Wildman–Crippen MR) is 42.4 cm³/mol. The standard InChI is InChI=1S/C6H7N4O5/c1-10-2-7-6(13)5(10,15-14)3(11)8-4(12)9-6/h2,13H,1H3,(H2,8,9,11,12). The zero-order valence-corrected chi connectivity index (χ0v) is 7.55. The summed E-state index contributed by atoms with van der Waals surface area (Å²) in [7, 11) is 1.30. The van der Waals surface area contributed by atoms with Gasteiger partial charge >= 0.3 is 17.6 Å². The van der Waals surface area contributed by atoms with Gasteiger partial charge in [0, 0.05) is 7.05 Å². The van der Waals surface area contributed by atoms with E-state index in [9.17, 15) is 20.0 Å². The highest BCUT2D eigenvalue weighted by Gasteiger charge is 2.69. The number of rotatable bonds is 1. The summed E-state index contributed by atoms with van der Waals surface area (Å²) in [5, 5.41) is 24.2. The third-order valence-corrected chi connectivity index (χ3v) is 2.33. The quantitative estimate of drug-likeness (QED) is 0.329. The van der Waals surface area contributed by atoms with Crippen LogP contribution in [0.4, 0.5) is 4.79 Å². The monoisotopic (exact) mass is 215 g/mol. The van der Waals surface area contributed by atoms with Crippen LogP contribution in [-0.2, 0) is 14.9 Å². The summed E-state index contributed by atoms with van der Waals surface area (Å²) >= 11 is 0. The number of nitrogens with zero attached hydrogens (tertiary/aromatic N) is 2. The lowest BCUT2D eigenvalue weighted by Crippen LogP contribution is -2.78. The van der Waals surface area contributed by atoms with Crippen molar-refractivity contribution >= 4 is 18.3 Å². The van der Waals surface area contributed by atoms with Gasteiger partial charge in [0.25, 0.3) is 5.91 Å². The largest absolute Gasteiger partial charge is 0.348 e. The third-order valence-electron chi connectivity index (χ3n) is 2.33. The van der Waals surface area contributed by atoms with Gasteiger partial charge in [0.05, 0.1) is 6.34 Å². The topological polar surface area (TPSA) is 123 Å². The lowest BCUT2D eigenvalue weighted by molar-refractivity contribution is -0.414. The second-order valence-electron chi connectivity index (χ2n) is 3.16. The van der Waals surface area contributed by atoms with Gasteiger partial charge in [0.2, 0.25) is 0 Å². The first-order valence-electron chi connectivity index (χ1n) is 3.91. The Morgan fingerprint density at radius 1 is 1.60 bits per heavy atom. The molecule has 81 valence electrons. The highest BCUT2D eigenvalue weighted by atomic mass is 17.1. The Morgan fingerprint density at radius 2 is 2.27 bits per heavy atom. The summed E-state index contributed by atoms with van der Waals surface area (Å²) in [4.78, 5) is 30.6. The summed E-state index contributed by atoms with van der Waals surface area (Å²) in [5.74, 6) is -3.48. The van der Waals surface area contributed by atoms with Gasteiger partial charge in [0.15, 0.2) is 0 Å². The molecule has 3 amide bonds. The van der Waals surface area contributed by atoms with E-state index in [4.69, 9.17) is 0 Å². The molecule has 1 fully saturated rings. The number of fused-ring (bicyclic) bond motifs is 1. The van der Waals surface area contributed by atoms with Gasteiger partial charge in [-0.05, 0) is 5.26 Å². The first-order valence-corrected chi connectivity index (χ1v) is 3.91. The molecule has 2 atom stereocenters. The van der Waals surface area contributed by atoms with Crippen molar-refractivity contribution in [3.05, 3.63) is 0 Å². The Labute approximate surface area is 83.3 Å². The molecule has 0 aromatic heterocycles. The van der Waals surface area contributed by atoms with Crippen LogP contribution < -0.4 is 10.6 Å². The number of likely N-dealkylation sites (N-methyl/N-ethyl adjacent to an activating group) is 1. The second-order valence-corrected chi connectivity index (χ2v) is 3.16. The SMILES string of the molecule is CN1C=NC2(O)NC(=O)NC(=O)C12O[O]. The number of hydrogen-bond acceptors (Lipinski definition) is 6. The van der Waals surface area contributed by atoms with Crippen LogP contribution in [0.15, 0.2) is 4.99 Å². The van der Waals surface area contributed by atoms with Crippen LogP contribution >= 0.6 is 0 Å². The van der Waals surface area contributed by atoms with Gasteiger partial charge < -0.3 is 10.0 Å². The number of hydrogen-bond donors (Lipinski definition) is 3. The van der Waals surface area contributed by atoms with Gasteiger partial charge in [-0.2, -0.15) is 4.89 Å². The normalized spacial score (nSPS) is 38.7. The molecule has 15 heavy (non-hydrogen) atoms. The van der Waals surface area contributed by atoms with Crippen LogP contribution in [0.3, 0.4) is 0 Å². The van der Waals surface area contributed by atoms with E-state index in [-0.39, 0.29) is 0 Å². The Hall–Kier alpha value is -1.71. The zero-order chi connectivity index (χ0) is 11.3. The van der Waals surface area contributed by atoms with E-state index in [0.29, 0.717) is 0 Å². The predicted octanol–water partition coefficient (Wildman–Crippen LogP) is -2.50. The fraction of sp³-hybridized carbons (Fsp3) is 0.500. The lowest BCUT2D eigenvalue weighted by atomic mass is 10.0. The summed E-state index contributed by atoms with van der Waals surface area (Å²) in [6.45, 7) is 0. The van der Waals surface area contributed by atoms with E-state index in [1.165, 1.54) is 7.05 Å². The fourth-order valence-electron chi connectivity index (χ4n) is 1.55. The van der Waals surface area contributed by atoms with Crippen LogP contribution in [0.2, 0.25) is 0 Å². The van der Waals surface area contributed by atoms with E-state index in [1.807, 2.05) is 5.32 Å². The molecule has 1 saturated heterocycles. The van der Waals surface area contributed by atoms with Crippen molar-refractivity contribution in [1.29, 1.82) is 0 Å². The molecule has 0 aromatic carbocycles. The van der Waals surface area contributed by atoms with Gasteiger partial charge in [0.1, 0.15) is 0 Å². The number of nitrogens with one attached hydrogen (secondary N) is 2. The van der Waals surface area contributed by atoms with Gasteiger partial charge in [-0.15, -0.1) is 0 Å². The molecule has 2 aliphatic heterocycles. The molecule has 2 rings (SSSR count). The molecule has 2 heterocycles. The summed E-state index contributed by atoms with van der Waals surface area (Å²) in [6, 6.07) is -0.956. The average Bonchev–Trinajstić information content (AvgIpc) is 2.39. The van der Waals surface area contributed by atoms with Crippen molar-refractivity contribution in [3.8, 4) is 0 Å². The van der Waals surface area contributed by atoms with Crippen LogP contribution in [0, 0.1) is 0 Å². The fourth-order valence-corrected chi connectivity index (χ4v) is 1.55. The number of aliphatic hydroxyl groups is 1. The number of amides is 3. The Morgan fingerprint density at radius 3 is 2.87 bits per heavy atom. The highest BCUT2D eigenvalue weighted by Crippen LogP contribution is 2.34. The highest BCUT2D eigenvalue weighted by molar-refractivity contribution is 6.04. The molecule has 0 spiro atoms. The summed E-state index contributed by atoms with van der Waals surface area (Å²) < 4.78 is 0. The molecule has 2 aliphatic rings. The summed E-state index contributed by atoms with van der Waals surface area (Å²) in [6.07, 6.45) is 1.02. The first kappa shape index (κ1) is 9.83. The molecular formula is C6H7N4O5. The smallest absolute Gasteiger partial charge is 0.328 e. The van der Waals surface area contributed by atoms with Crippen molar-refractivity contribution in [2.75, 3.05) is 7.05 Å². The van der Waals surface area contributed by atoms with Crippen molar-refractivity contribution in [2.24, 2.45) is 4.99 Å². The van der Waals surface area contributed by atoms with Crippen molar-refractivity contribution < 1.29 is 24.8 Å². The molecule has 0 aromatic rings. The van der Waals surface area contributed by atoms with Gasteiger partial charge in [-0.25, -0.2) is 9.79 Å². The van der Waals surface area contributed by atoms with Crippen LogP contribution in [0.1, 0.15) is 0 Å². The molecule has 0 saturated carbocycles. The summed E-state index contributed by atoms with van der Waals surface area (Å²) in [5.41, 5.74) is -2.30. The number of urea groups is 1. The number of carbonyl (C=O) groups is 2. The minimum Gasteiger partial charge on any atom is -0.348 e. The van der Waals surface area contributed by atoms with Crippen LogP contribution in [0.25, 0.3) is 0 Å². The van der Waals surface area contributed by atoms with Gasteiger partial charge in [-0.1, -0.05) is 0 Å². The van der Waals surface area contributed by atoms with E-state index in [1.54, 1.807) is 5.32 Å². The van der Waals surface area contributed by atoms with Crippen molar-refractivity contribution in [1.82, 2.24) is 15.5 Å². The molecule has 0 bridgehead atoms. The van der Waals surface area contributed by atoms with Crippen molar-refractivity contribution in [2.45, 2.75) is 11.6 Å². The van der Waals surface area contributed by atoms with E-state index >= 15 is 0 Å². The van der Waals surface area contributed by atoms with E-state index in [2.05, 4.69) is 9.88 Å². The molecule has 9 nitrogen and oxygen atoms in total. The molecule has 1 radical (unpaired) electrons. The maximum atomic E-state index is 11.5.